The Hall–Kier alpha value is -0.990. The van der Waals surface area contributed by atoms with Gasteiger partial charge >= 0.3 is 0 Å². The van der Waals surface area contributed by atoms with Gasteiger partial charge in [0.25, 0.3) is 0 Å². The predicted molar refractivity (Wildman–Crippen MR) is 35.4 cm³/mol. The Morgan fingerprint density at radius 3 is 2.89 bits per heavy atom. The van der Waals surface area contributed by atoms with Crippen LogP contribution in [0.5, 0.6) is 0 Å². The first-order valence-electron chi connectivity index (χ1n) is 3.00. The van der Waals surface area contributed by atoms with E-state index in [-0.39, 0.29) is 0 Å². The molecule has 1 rings (SSSR count). The quantitative estimate of drug-likeness (QED) is 0.648. The molecule has 1 N–H and O–H groups in total. The Labute approximate surface area is 54.0 Å². The highest BCUT2D eigenvalue weighted by molar-refractivity contribution is 5.32. The molecule has 0 fully saturated rings. The largest absolute Gasteiger partial charge is 0.370 e. The molecule has 0 bridgehead atoms. The Morgan fingerprint density at radius 1 is 1.78 bits per heavy atom. The summed E-state index contributed by atoms with van der Waals surface area (Å²) in [5.41, 5.74) is 0. The molecule has 1 aromatic rings. The van der Waals surface area contributed by atoms with Gasteiger partial charge < -0.3 is 9.84 Å². The molecule has 1 aromatic heterocycles. The second kappa shape index (κ2) is 2.53. The summed E-state index contributed by atoms with van der Waals surface area (Å²) in [4.78, 5) is 0. The van der Waals surface area contributed by atoms with E-state index in [2.05, 4.69) is 10.5 Å². The van der Waals surface area contributed by atoms with Crippen molar-refractivity contribution in [3.8, 4) is 0 Å². The maximum Gasteiger partial charge on any atom is 0.169 e. The van der Waals surface area contributed by atoms with Crippen molar-refractivity contribution in [2.24, 2.45) is 0 Å². The predicted octanol–water partition coefficient (Wildman–Crippen LogP) is 1.28. The standard InChI is InChI=1S/C6H10N2O/c1-3-5-4-6(7-2)8-9-5/h4H,3H2,1-2H3,(H,7,8). The molecule has 0 aliphatic heterocycles. The second-order valence-electron chi connectivity index (χ2n) is 1.78. The maximum absolute atomic E-state index is 4.89. The Morgan fingerprint density at radius 2 is 2.56 bits per heavy atom. The molecule has 0 aromatic carbocycles. The van der Waals surface area contributed by atoms with Crippen molar-refractivity contribution in [2.75, 3.05) is 12.4 Å². The smallest absolute Gasteiger partial charge is 0.169 e. The van der Waals surface area contributed by atoms with Gasteiger partial charge in [0.05, 0.1) is 0 Å². The van der Waals surface area contributed by atoms with Gasteiger partial charge in [0.1, 0.15) is 5.76 Å². The third kappa shape index (κ3) is 1.22. The van der Waals surface area contributed by atoms with Crippen LogP contribution in [0.4, 0.5) is 5.82 Å². The lowest BCUT2D eigenvalue weighted by molar-refractivity contribution is 0.389. The summed E-state index contributed by atoms with van der Waals surface area (Å²) in [6, 6.07) is 1.89. The third-order valence-corrected chi connectivity index (χ3v) is 1.16. The maximum atomic E-state index is 4.89. The van der Waals surface area contributed by atoms with Gasteiger partial charge in [-0.15, -0.1) is 0 Å². The zero-order valence-corrected chi connectivity index (χ0v) is 5.64. The first-order chi connectivity index (χ1) is 4.36. The van der Waals surface area contributed by atoms with E-state index < -0.39 is 0 Å². The van der Waals surface area contributed by atoms with E-state index in [9.17, 15) is 0 Å². The fourth-order valence-corrected chi connectivity index (χ4v) is 0.597. The summed E-state index contributed by atoms with van der Waals surface area (Å²) >= 11 is 0. The molecular weight excluding hydrogens is 116 g/mol. The van der Waals surface area contributed by atoms with Gasteiger partial charge in [-0.25, -0.2) is 0 Å². The van der Waals surface area contributed by atoms with Crippen molar-refractivity contribution in [2.45, 2.75) is 13.3 Å². The average molecular weight is 126 g/mol. The molecule has 9 heavy (non-hydrogen) atoms. The van der Waals surface area contributed by atoms with Gasteiger partial charge in [0.15, 0.2) is 5.82 Å². The van der Waals surface area contributed by atoms with Crippen molar-refractivity contribution in [3.63, 3.8) is 0 Å². The second-order valence-corrected chi connectivity index (χ2v) is 1.78. The molecule has 0 aliphatic rings. The van der Waals surface area contributed by atoms with Crippen LogP contribution in [-0.2, 0) is 6.42 Å². The molecule has 3 heteroatoms. The molecule has 0 saturated carbocycles. The highest BCUT2D eigenvalue weighted by Gasteiger charge is 1.96. The van der Waals surface area contributed by atoms with E-state index >= 15 is 0 Å². The topological polar surface area (TPSA) is 38.1 Å². The van der Waals surface area contributed by atoms with Gasteiger partial charge in [-0.2, -0.15) is 0 Å². The van der Waals surface area contributed by atoms with Crippen LogP contribution in [0.15, 0.2) is 10.6 Å². The molecule has 0 atom stereocenters. The van der Waals surface area contributed by atoms with Crippen LogP contribution >= 0.6 is 0 Å². The van der Waals surface area contributed by atoms with Crippen LogP contribution in [0.25, 0.3) is 0 Å². The molecule has 0 spiro atoms. The molecule has 3 nitrogen and oxygen atoms in total. The van der Waals surface area contributed by atoms with Crippen LogP contribution < -0.4 is 5.32 Å². The molecule has 0 amide bonds. The van der Waals surface area contributed by atoms with Gasteiger partial charge in [0.2, 0.25) is 0 Å². The molecule has 0 unspecified atom stereocenters. The number of nitrogens with one attached hydrogen (secondary N) is 1. The molecule has 0 radical (unpaired) electrons. The van der Waals surface area contributed by atoms with Crippen LogP contribution in [0, 0.1) is 0 Å². The highest BCUT2D eigenvalue weighted by Crippen LogP contribution is 2.06. The number of anilines is 1. The van der Waals surface area contributed by atoms with E-state index in [0.29, 0.717) is 0 Å². The van der Waals surface area contributed by atoms with Crippen LogP contribution in [0.2, 0.25) is 0 Å². The summed E-state index contributed by atoms with van der Waals surface area (Å²) in [6.45, 7) is 2.03. The van der Waals surface area contributed by atoms with E-state index in [1.165, 1.54) is 0 Å². The summed E-state index contributed by atoms with van der Waals surface area (Å²) in [6.07, 6.45) is 0.898. The lowest BCUT2D eigenvalue weighted by atomic mass is 10.4. The number of hydrogen-bond donors (Lipinski definition) is 1. The van der Waals surface area contributed by atoms with Crippen LogP contribution in [-0.4, -0.2) is 12.2 Å². The molecular formula is C6H10N2O. The molecule has 1 heterocycles. The van der Waals surface area contributed by atoms with E-state index in [1.807, 2.05) is 20.0 Å². The minimum Gasteiger partial charge on any atom is -0.370 e. The van der Waals surface area contributed by atoms with Gasteiger partial charge in [-0.1, -0.05) is 12.1 Å². The molecule has 0 saturated heterocycles. The summed E-state index contributed by atoms with van der Waals surface area (Å²) in [5, 5.41) is 6.60. The zero-order valence-electron chi connectivity index (χ0n) is 5.64. The average Bonchev–Trinajstić information content (AvgIpc) is 2.34. The van der Waals surface area contributed by atoms with Crippen molar-refractivity contribution in [3.05, 3.63) is 11.8 Å². The molecule has 0 aliphatic carbocycles. The minimum atomic E-state index is 0.798. The number of hydrogen-bond acceptors (Lipinski definition) is 3. The summed E-state index contributed by atoms with van der Waals surface area (Å²) in [7, 11) is 1.82. The van der Waals surface area contributed by atoms with Crippen LogP contribution in [0.3, 0.4) is 0 Å². The van der Waals surface area contributed by atoms with Crippen molar-refractivity contribution >= 4 is 5.82 Å². The van der Waals surface area contributed by atoms with Crippen LogP contribution in [0.1, 0.15) is 12.7 Å². The Bertz CT molecular complexity index is 164. The SMILES string of the molecule is CCc1cc(NC)no1. The minimum absolute atomic E-state index is 0.798. The summed E-state index contributed by atoms with van der Waals surface area (Å²) < 4.78 is 4.89. The lowest BCUT2D eigenvalue weighted by Gasteiger charge is -1.83. The van der Waals surface area contributed by atoms with E-state index in [0.717, 1.165) is 18.0 Å². The fraction of sp³-hybridized carbons (Fsp3) is 0.500. The Balaban J connectivity index is 2.74. The number of nitrogens with zero attached hydrogens (tertiary/aromatic N) is 1. The number of aromatic nitrogens is 1. The van der Waals surface area contributed by atoms with Gasteiger partial charge in [-0.05, 0) is 0 Å². The number of rotatable bonds is 2. The summed E-state index contributed by atoms with van der Waals surface area (Å²) in [5.74, 6) is 1.71. The van der Waals surface area contributed by atoms with Crippen molar-refractivity contribution < 1.29 is 4.52 Å². The van der Waals surface area contributed by atoms with Crippen molar-refractivity contribution in [1.29, 1.82) is 0 Å². The Kier molecular flexibility index (Phi) is 1.72. The fourth-order valence-electron chi connectivity index (χ4n) is 0.597. The van der Waals surface area contributed by atoms with Gasteiger partial charge in [0, 0.05) is 19.5 Å². The first kappa shape index (κ1) is 6.13. The zero-order chi connectivity index (χ0) is 6.69. The third-order valence-electron chi connectivity index (χ3n) is 1.16. The highest BCUT2D eigenvalue weighted by atomic mass is 16.5. The number of aryl methyl sites for hydroxylation is 1. The van der Waals surface area contributed by atoms with E-state index in [4.69, 9.17) is 4.52 Å². The molecule has 50 valence electrons. The monoisotopic (exact) mass is 126 g/mol. The normalized spacial score (nSPS) is 9.56. The van der Waals surface area contributed by atoms with E-state index in [1.54, 1.807) is 0 Å². The lowest BCUT2D eigenvalue weighted by Crippen LogP contribution is -1.85. The van der Waals surface area contributed by atoms with Crippen molar-refractivity contribution in [1.82, 2.24) is 5.16 Å². The van der Waals surface area contributed by atoms with Gasteiger partial charge in [-0.3, -0.25) is 0 Å². The first-order valence-corrected chi connectivity index (χ1v) is 3.00.